The fourth-order valence-electron chi connectivity index (χ4n) is 3.31. The molecule has 7 nitrogen and oxygen atoms in total. The molecule has 0 saturated carbocycles. The van der Waals surface area contributed by atoms with Crippen molar-refractivity contribution in [2.24, 2.45) is 0 Å². The number of carbonyl (C=O) groups is 1. The van der Waals surface area contributed by atoms with E-state index in [2.05, 4.69) is 29.1 Å². The van der Waals surface area contributed by atoms with Gasteiger partial charge < -0.3 is 9.42 Å². The summed E-state index contributed by atoms with van der Waals surface area (Å²) in [5.74, 6) is 1.62. The molecule has 0 spiro atoms. The van der Waals surface area contributed by atoms with Gasteiger partial charge in [-0.15, -0.1) is 0 Å². The van der Waals surface area contributed by atoms with Crippen molar-refractivity contribution < 1.29 is 9.32 Å². The molecule has 2 atom stereocenters. The summed E-state index contributed by atoms with van der Waals surface area (Å²) in [6.07, 6.45) is 3.90. The number of carbonyl (C=O) groups excluding carboxylic acids is 1. The molecular weight excluding hydrogens is 318 g/mol. The first-order valence-electron chi connectivity index (χ1n) is 9.13. The SMILES string of the molecule is CC[C@H](C)c1noc([C@H]2CCCCN2C(=O)Cn2nc(C)cc2C)n1. The van der Waals surface area contributed by atoms with E-state index >= 15 is 0 Å². The molecule has 0 bridgehead atoms. The molecule has 1 amide bonds. The van der Waals surface area contributed by atoms with Crippen LogP contribution in [0.5, 0.6) is 0 Å². The van der Waals surface area contributed by atoms with Crippen LogP contribution in [0.3, 0.4) is 0 Å². The minimum Gasteiger partial charge on any atom is -0.337 e. The van der Waals surface area contributed by atoms with Crippen molar-refractivity contribution >= 4 is 5.91 Å². The first-order chi connectivity index (χ1) is 12.0. The molecule has 2 aromatic heterocycles. The Hall–Kier alpha value is -2.18. The molecule has 0 unspecified atom stereocenters. The van der Waals surface area contributed by atoms with E-state index < -0.39 is 0 Å². The van der Waals surface area contributed by atoms with Crippen LogP contribution in [0.1, 0.15) is 74.6 Å². The Morgan fingerprint density at radius 1 is 1.40 bits per heavy atom. The van der Waals surface area contributed by atoms with Gasteiger partial charge in [0, 0.05) is 18.2 Å². The number of hydrogen-bond acceptors (Lipinski definition) is 5. The van der Waals surface area contributed by atoms with Crippen LogP contribution in [0.4, 0.5) is 0 Å². The van der Waals surface area contributed by atoms with E-state index in [1.807, 2.05) is 24.8 Å². The lowest BCUT2D eigenvalue weighted by molar-refractivity contribution is -0.136. The second kappa shape index (κ2) is 7.37. The maximum atomic E-state index is 12.9. The monoisotopic (exact) mass is 345 g/mol. The topological polar surface area (TPSA) is 77.0 Å². The van der Waals surface area contributed by atoms with Gasteiger partial charge in [-0.25, -0.2) is 0 Å². The summed E-state index contributed by atoms with van der Waals surface area (Å²) in [5, 5.41) is 8.51. The lowest BCUT2D eigenvalue weighted by Gasteiger charge is -2.33. The van der Waals surface area contributed by atoms with E-state index in [1.165, 1.54) is 0 Å². The summed E-state index contributed by atoms with van der Waals surface area (Å²) in [6.45, 7) is 9.07. The van der Waals surface area contributed by atoms with Gasteiger partial charge in [-0.2, -0.15) is 10.1 Å². The number of rotatable bonds is 5. The third-order valence-corrected chi connectivity index (χ3v) is 5.01. The van der Waals surface area contributed by atoms with Gasteiger partial charge in [0.05, 0.1) is 5.69 Å². The largest absolute Gasteiger partial charge is 0.337 e. The second-order valence-corrected chi connectivity index (χ2v) is 6.98. The normalized spacial score (nSPS) is 19.2. The van der Waals surface area contributed by atoms with Crippen LogP contribution in [-0.2, 0) is 11.3 Å². The number of aromatic nitrogens is 4. The average molecular weight is 345 g/mol. The van der Waals surface area contributed by atoms with Crippen LogP contribution in [0, 0.1) is 13.8 Å². The molecule has 3 rings (SSSR count). The molecule has 0 aromatic carbocycles. The Bertz CT molecular complexity index is 736. The Labute approximate surface area is 148 Å². The molecule has 1 fully saturated rings. The summed E-state index contributed by atoms with van der Waals surface area (Å²) in [6, 6.07) is 1.86. The predicted octanol–water partition coefficient (Wildman–Crippen LogP) is 3.15. The van der Waals surface area contributed by atoms with E-state index in [0.29, 0.717) is 5.89 Å². The number of likely N-dealkylation sites (tertiary alicyclic amines) is 1. The van der Waals surface area contributed by atoms with Gasteiger partial charge >= 0.3 is 0 Å². The fraction of sp³-hybridized carbons (Fsp3) is 0.667. The van der Waals surface area contributed by atoms with Crippen LogP contribution >= 0.6 is 0 Å². The van der Waals surface area contributed by atoms with Crippen LogP contribution in [-0.4, -0.2) is 37.3 Å². The van der Waals surface area contributed by atoms with Crippen molar-refractivity contribution in [2.75, 3.05) is 6.54 Å². The average Bonchev–Trinajstić information content (AvgIpc) is 3.21. The van der Waals surface area contributed by atoms with Crippen molar-refractivity contribution in [2.45, 2.75) is 71.9 Å². The molecule has 0 aliphatic carbocycles. The summed E-state index contributed by atoms with van der Waals surface area (Å²) in [4.78, 5) is 19.3. The van der Waals surface area contributed by atoms with Crippen LogP contribution < -0.4 is 0 Å². The minimum atomic E-state index is -0.122. The van der Waals surface area contributed by atoms with Crippen molar-refractivity contribution in [1.82, 2.24) is 24.8 Å². The molecule has 2 aromatic rings. The number of piperidine rings is 1. The van der Waals surface area contributed by atoms with E-state index in [1.54, 1.807) is 4.68 Å². The van der Waals surface area contributed by atoms with E-state index in [4.69, 9.17) is 4.52 Å². The van der Waals surface area contributed by atoms with Gasteiger partial charge in [-0.3, -0.25) is 9.48 Å². The molecular formula is C18H27N5O2. The van der Waals surface area contributed by atoms with Crippen molar-refractivity contribution in [3.8, 4) is 0 Å². The minimum absolute atomic E-state index is 0.0548. The molecule has 1 aliphatic heterocycles. The maximum absolute atomic E-state index is 12.9. The summed E-state index contributed by atoms with van der Waals surface area (Å²) >= 11 is 0. The van der Waals surface area contributed by atoms with E-state index in [9.17, 15) is 4.79 Å². The van der Waals surface area contributed by atoms with E-state index in [-0.39, 0.29) is 24.4 Å². The van der Waals surface area contributed by atoms with Crippen molar-refractivity contribution in [1.29, 1.82) is 0 Å². The summed E-state index contributed by atoms with van der Waals surface area (Å²) < 4.78 is 7.27. The number of aryl methyl sites for hydroxylation is 2. The van der Waals surface area contributed by atoms with Gasteiger partial charge in [-0.05, 0) is 45.6 Å². The third kappa shape index (κ3) is 3.75. The molecule has 0 N–H and O–H groups in total. The van der Waals surface area contributed by atoms with Crippen LogP contribution in [0.2, 0.25) is 0 Å². The molecule has 7 heteroatoms. The number of hydrogen-bond donors (Lipinski definition) is 0. The van der Waals surface area contributed by atoms with Gasteiger partial charge in [0.2, 0.25) is 11.8 Å². The van der Waals surface area contributed by atoms with Gasteiger partial charge in [0.25, 0.3) is 0 Å². The lowest BCUT2D eigenvalue weighted by atomic mass is 10.0. The highest BCUT2D eigenvalue weighted by atomic mass is 16.5. The highest BCUT2D eigenvalue weighted by Gasteiger charge is 2.32. The fourth-order valence-corrected chi connectivity index (χ4v) is 3.31. The van der Waals surface area contributed by atoms with Gasteiger partial charge in [0.1, 0.15) is 12.6 Å². The zero-order valence-corrected chi connectivity index (χ0v) is 15.5. The number of nitrogens with zero attached hydrogens (tertiary/aromatic N) is 5. The Morgan fingerprint density at radius 2 is 2.20 bits per heavy atom. The lowest BCUT2D eigenvalue weighted by Crippen LogP contribution is -2.40. The van der Waals surface area contributed by atoms with Crippen LogP contribution in [0.25, 0.3) is 0 Å². The first-order valence-corrected chi connectivity index (χ1v) is 9.13. The zero-order chi connectivity index (χ0) is 18.0. The quantitative estimate of drug-likeness (QED) is 0.832. The molecule has 25 heavy (non-hydrogen) atoms. The third-order valence-electron chi connectivity index (χ3n) is 5.01. The smallest absolute Gasteiger partial charge is 0.249 e. The van der Waals surface area contributed by atoms with Gasteiger partial charge in [0.15, 0.2) is 5.82 Å². The highest BCUT2D eigenvalue weighted by molar-refractivity contribution is 5.76. The van der Waals surface area contributed by atoms with E-state index in [0.717, 1.165) is 49.4 Å². The second-order valence-electron chi connectivity index (χ2n) is 6.98. The van der Waals surface area contributed by atoms with Crippen molar-refractivity contribution in [3.63, 3.8) is 0 Å². The predicted molar refractivity (Wildman–Crippen MR) is 93.0 cm³/mol. The first kappa shape index (κ1) is 17.6. The molecule has 1 saturated heterocycles. The van der Waals surface area contributed by atoms with Gasteiger partial charge in [-0.1, -0.05) is 19.0 Å². The summed E-state index contributed by atoms with van der Waals surface area (Å²) in [7, 11) is 0. The zero-order valence-electron chi connectivity index (χ0n) is 15.5. The highest BCUT2D eigenvalue weighted by Crippen LogP contribution is 2.31. The molecule has 3 heterocycles. The van der Waals surface area contributed by atoms with Crippen molar-refractivity contribution in [3.05, 3.63) is 29.2 Å². The molecule has 0 radical (unpaired) electrons. The Morgan fingerprint density at radius 3 is 2.88 bits per heavy atom. The Kier molecular flexibility index (Phi) is 5.20. The molecule has 136 valence electrons. The number of amides is 1. The Balaban J connectivity index is 1.77. The maximum Gasteiger partial charge on any atom is 0.249 e. The molecule has 1 aliphatic rings. The van der Waals surface area contributed by atoms with Crippen LogP contribution in [0.15, 0.2) is 10.6 Å². The standard InChI is InChI=1S/C18H27N5O2/c1-5-12(2)17-19-18(25-21-17)15-8-6-7-9-22(15)16(24)11-23-14(4)10-13(3)20-23/h10,12,15H,5-9,11H2,1-4H3/t12-,15+/m0/s1. The summed E-state index contributed by atoms with van der Waals surface area (Å²) in [5.41, 5.74) is 1.92.